The van der Waals surface area contributed by atoms with Crippen molar-refractivity contribution in [1.82, 2.24) is 14.7 Å². The van der Waals surface area contributed by atoms with Gasteiger partial charge in [0, 0.05) is 50.7 Å². The minimum absolute atomic E-state index is 0.111. The number of rotatable bonds is 4. The van der Waals surface area contributed by atoms with Crippen LogP contribution >= 0.6 is 0 Å². The molecule has 0 aromatic carbocycles. The van der Waals surface area contributed by atoms with Gasteiger partial charge in [-0.1, -0.05) is 0 Å². The van der Waals surface area contributed by atoms with Gasteiger partial charge in [-0.05, 0) is 70.6 Å². The first kappa shape index (κ1) is 20.0. The fourth-order valence-corrected chi connectivity index (χ4v) is 6.35. The van der Waals surface area contributed by atoms with Crippen molar-refractivity contribution in [2.45, 2.75) is 89.8 Å². The Kier molecular flexibility index (Phi) is 5.36. The van der Waals surface area contributed by atoms with Gasteiger partial charge in [-0.25, -0.2) is 4.79 Å². The summed E-state index contributed by atoms with van der Waals surface area (Å²) in [7, 11) is 0. The first-order chi connectivity index (χ1) is 13.4. The molecule has 4 aliphatic rings. The van der Waals surface area contributed by atoms with Crippen molar-refractivity contribution in [3.8, 4) is 0 Å². The Labute approximate surface area is 169 Å². The van der Waals surface area contributed by atoms with E-state index in [0.717, 1.165) is 58.3 Å². The highest BCUT2D eigenvalue weighted by Crippen LogP contribution is 2.51. The third kappa shape index (κ3) is 3.53. The maximum absolute atomic E-state index is 12.3. The van der Waals surface area contributed by atoms with Crippen LogP contribution in [-0.4, -0.2) is 77.1 Å². The highest BCUT2D eigenvalue weighted by Gasteiger charge is 2.52. The summed E-state index contributed by atoms with van der Waals surface area (Å²) in [5.41, 5.74) is 0.443. The molecule has 2 amide bonds. The van der Waals surface area contributed by atoms with Crippen LogP contribution in [0.3, 0.4) is 0 Å². The fourth-order valence-electron chi connectivity index (χ4n) is 6.35. The quantitative estimate of drug-likeness (QED) is 0.738. The van der Waals surface area contributed by atoms with E-state index in [0.29, 0.717) is 24.1 Å². The zero-order chi connectivity index (χ0) is 19.9. The molecular formula is C22H37N3O3. The molecule has 4 fully saturated rings. The molecule has 2 saturated carbocycles. The van der Waals surface area contributed by atoms with Gasteiger partial charge in [0.1, 0.15) is 0 Å². The second-order valence-corrected chi connectivity index (χ2v) is 9.94. The number of carbonyl (C=O) groups excluding carboxylic acids is 2. The van der Waals surface area contributed by atoms with Crippen LogP contribution in [0.15, 0.2) is 0 Å². The molecule has 2 aliphatic heterocycles. The molecule has 2 aliphatic carbocycles. The summed E-state index contributed by atoms with van der Waals surface area (Å²) in [6, 6.07) is 1.08. The lowest BCUT2D eigenvalue weighted by molar-refractivity contribution is -0.145. The molecule has 0 unspecified atom stereocenters. The topological polar surface area (TPSA) is 53.1 Å². The van der Waals surface area contributed by atoms with Crippen LogP contribution in [-0.2, 0) is 9.53 Å². The molecule has 0 aromatic rings. The summed E-state index contributed by atoms with van der Waals surface area (Å²) in [6.45, 7) is 10.3. The molecule has 6 nitrogen and oxygen atoms in total. The SMILES string of the molecule is CCOC(=O)N1CCC2(CC(N3CCC(N(C(C)=O)C4(C)CCC4)CC3)C2)C1. The maximum Gasteiger partial charge on any atom is 0.409 e. The zero-order valence-electron chi connectivity index (χ0n) is 17.9. The van der Waals surface area contributed by atoms with Gasteiger partial charge in [-0.2, -0.15) is 0 Å². The van der Waals surface area contributed by atoms with E-state index in [1.807, 2.05) is 11.8 Å². The van der Waals surface area contributed by atoms with Crippen molar-refractivity contribution in [2.75, 3.05) is 32.8 Å². The van der Waals surface area contributed by atoms with Gasteiger partial charge >= 0.3 is 6.09 Å². The fraction of sp³-hybridized carbons (Fsp3) is 0.909. The number of carbonyl (C=O) groups is 2. The summed E-state index contributed by atoms with van der Waals surface area (Å²) in [6.07, 6.45) is 9.19. The molecule has 0 atom stereocenters. The van der Waals surface area contributed by atoms with Crippen LogP contribution in [0.25, 0.3) is 0 Å². The molecule has 0 radical (unpaired) electrons. The highest BCUT2D eigenvalue weighted by molar-refractivity contribution is 5.74. The van der Waals surface area contributed by atoms with Gasteiger partial charge in [0.15, 0.2) is 0 Å². The third-order valence-corrected chi connectivity index (χ3v) is 8.03. The molecule has 1 spiro atoms. The smallest absolute Gasteiger partial charge is 0.409 e. The molecule has 0 N–H and O–H groups in total. The van der Waals surface area contributed by atoms with E-state index in [-0.39, 0.29) is 17.5 Å². The van der Waals surface area contributed by atoms with Crippen LogP contribution in [0.2, 0.25) is 0 Å². The summed E-state index contributed by atoms with van der Waals surface area (Å²) in [5, 5.41) is 0. The second-order valence-electron chi connectivity index (χ2n) is 9.94. The van der Waals surface area contributed by atoms with Gasteiger partial charge in [0.2, 0.25) is 5.91 Å². The number of piperidine rings is 1. The van der Waals surface area contributed by atoms with E-state index in [1.165, 1.54) is 19.3 Å². The number of ether oxygens (including phenoxy) is 1. The summed E-state index contributed by atoms with van der Waals surface area (Å²) in [4.78, 5) is 31.1. The normalized spacial score (nSPS) is 32.7. The molecule has 6 heteroatoms. The summed E-state index contributed by atoms with van der Waals surface area (Å²) >= 11 is 0. The van der Waals surface area contributed by atoms with E-state index in [2.05, 4.69) is 16.7 Å². The predicted molar refractivity (Wildman–Crippen MR) is 108 cm³/mol. The van der Waals surface area contributed by atoms with Crippen LogP contribution in [0.4, 0.5) is 4.79 Å². The Hall–Kier alpha value is -1.30. The maximum atomic E-state index is 12.3. The lowest BCUT2D eigenvalue weighted by Gasteiger charge is -2.55. The number of nitrogens with zero attached hydrogens (tertiary/aromatic N) is 3. The first-order valence-electron chi connectivity index (χ1n) is 11.3. The van der Waals surface area contributed by atoms with Gasteiger partial charge < -0.3 is 19.4 Å². The van der Waals surface area contributed by atoms with Crippen molar-refractivity contribution in [1.29, 1.82) is 0 Å². The van der Waals surface area contributed by atoms with Crippen LogP contribution < -0.4 is 0 Å². The Morgan fingerprint density at radius 2 is 1.79 bits per heavy atom. The van der Waals surface area contributed by atoms with Gasteiger partial charge in [-0.3, -0.25) is 4.79 Å². The van der Waals surface area contributed by atoms with E-state index in [9.17, 15) is 9.59 Å². The van der Waals surface area contributed by atoms with E-state index in [4.69, 9.17) is 4.74 Å². The molecule has 158 valence electrons. The van der Waals surface area contributed by atoms with E-state index in [1.54, 1.807) is 6.92 Å². The van der Waals surface area contributed by atoms with Crippen LogP contribution in [0, 0.1) is 5.41 Å². The monoisotopic (exact) mass is 391 g/mol. The minimum Gasteiger partial charge on any atom is -0.450 e. The average molecular weight is 392 g/mol. The van der Waals surface area contributed by atoms with Gasteiger partial charge in [0.25, 0.3) is 0 Å². The number of hydrogen-bond donors (Lipinski definition) is 0. The van der Waals surface area contributed by atoms with Crippen molar-refractivity contribution >= 4 is 12.0 Å². The first-order valence-corrected chi connectivity index (χ1v) is 11.3. The van der Waals surface area contributed by atoms with Crippen molar-refractivity contribution in [2.24, 2.45) is 5.41 Å². The molecule has 0 aromatic heterocycles. The Balaban J connectivity index is 1.26. The lowest BCUT2D eigenvalue weighted by atomic mass is 9.64. The Morgan fingerprint density at radius 3 is 2.32 bits per heavy atom. The average Bonchev–Trinajstić information content (AvgIpc) is 3.06. The number of hydrogen-bond acceptors (Lipinski definition) is 4. The van der Waals surface area contributed by atoms with E-state index >= 15 is 0 Å². The summed E-state index contributed by atoms with van der Waals surface area (Å²) in [5.74, 6) is 0.258. The lowest BCUT2D eigenvalue weighted by Crippen LogP contribution is -2.61. The van der Waals surface area contributed by atoms with Crippen LogP contribution in [0.5, 0.6) is 0 Å². The zero-order valence-corrected chi connectivity index (χ0v) is 17.9. The largest absolute Gasteiger partial charge is 0.450 e. The Bertz CT molecular complexity index is 604. The standard InChI is InChI=1S/C22H37N3O3/c1-4-28-20(27)24-13-10-22(16-24)14-19(15-22)23-11-6-18(7-12-23)25(17(2)26)21(3)8-5-9-21/h18-19H,4-16H2,1-3H3. The minimum atomic E-state index is -0.141. The second kappa shape index (κ2) is 7.51. The molecule has 4 rings (SSSR count). The Morgan fingerprint density at radius 1 is 1.11 bits per heavy atom. The molecule has 0 bridgehead atoms. The highest BCUT2D eigenvalue weighted by atomic mass is 16.6. The third-order valence-electron chi connectivity index (χ3n) is 8.03. The molecule has 28 heavy (non-hydrogen) atoms. The molecule has 2 heterocycles. The molecular weight excluding hydrogens is 354 g/mol. The van der Waals surface area contributed by atoms with Crippen LogP contribution in [0.1, 0.15) is 72.1 Å². The molecule has 2 saturated heterocycles. The summed E-state index contributed by atoms with van der Waals surface area (Å²) < 4.78 is 5.17. The van der Waals surface area contributed by atoms with Gasteiger partial charge in [-0.15, -0.1) is 0 Å². The van der Waals surface area contributed by atoms with Crippen molar-refractivity contribution in [3.63, 3.8) is 0 Å². The van der Waals surface area contributed by atoms with Crippen molar-refractivity contribution in [3.05, 3.63) is 0 Å². The number of amides is 2. The van der Waals surface area contributed by atoms with E-state index < -0.39 is 0 Å². The van der Waals surface area contributed by atoms with Crippen molar-refractivity contribution < 1.29 is 14.3 Å². The number of likely N-dealkylation sites (tertiary alicyclic amines) is 2. The van der Waals surface area contributed by atoms with Gasteiger partial charge in [0.05, 0.1) is 6.61 Å². The predicted octanol–water partition coefficient (Wildman–Crippen LogP) is 3.25.